The summed E-state index contributed by atoms with van der Waals surface area (Å²) < 4.78 is 1.03. The number of halogens is 1. The predicted molar refractivity (Wildman–Crippen MR) is 77.8 cm³/mol. The van der Waals surface area contributed by atoms with E-state index in [2.05, 4.69) is 26.6 Å². The third-order valence-corrected chi connectivity index (χ3v) is 3.86. The van der Waals surface area contributed by atoms with Gasteiger partial charge in [0, 0.05) is 16.2 Å². The van der Waals surface area contributed by atoms with Crippen LogP contribution in [0.15, 0.2) is 22.7 Å². The molecule has 1 aromatic rings. The molecular formula is C14H19BrN2O. The fraction of sp³-hybridized carbons (Fsp3) is 0.500. The molecule has 4 heteroatoms. The number of hydrogen-bond donors (Lipinski definition) is 2. The van der Waals surface area contributed by atoms with Gasteiger partial charge in [0.05, 0.1) is 6.54 Å². The summed E-state index contributed by atoms with van der Waals surface area (Å²) >= 11 is 3.41. The van der Waals surface area contributed by atoms with Crippen molar-refractivity contribution in [2.75, 3.05) is 11.9 Å². The number of hydrogen-bond acceptors (Lipinski definition) is 2. The molecule has 0 spiro atoms. The van der Waals surface area contributed by atoms with Gasteiger partial charge in [-0.1, -0.05) is 28.8 Å². The van der Waals surface area contributed by atoms with Gasteiger partial charge in [0.1, 0.15) is 0 Å². The van der Waals surface area contributed by atoms with Crippen molar-refractivity contribution < 1.29 is 4.79 Å². The summed E-state index contributed by atoms with van der Waals surface area (Å²) in [5, 5.41) is 6.25. The van der Waals surface area contributed by atoms with Crippen LogP contribution in [0.4, 0.5) is 5.69 Å². The Morgan fingerprint density at radius 3 is 2.78 bits per heavy atom. The van der Waals surface area contributed by atoms with Crippen molar-refractivity contribution in [1.29, 1.82) is 0 Å². The van der Waals surface area contributed by atoms with Gasteiger partial charge in [-0.25, -0.2) is 0 Å². The van der Waals surface area contributed by atoms with E-state index in [4.69, 9.17) is 0 Å². The number of carbonyl (C=O) groups is 1. The fourth-order valence-electron chi connectivity index (χ4n) is 2.33. The Morgan fingerprint density at radius 1 is 1.39 bits per heavy atom. The molecule has 1 aromatic carbocycles. The number of rotatable bonds is 4. The summed E-state index contributed by atoms with van der Waals surface area (Å²) in [4.78, 5) is 11.8. The van der Waals surface area contributed by atoms with Gasteiger partial charge in [-0.2, -0.15) is 0 Å². The van der Waals surface area contributed by atoms with Gasteiger partial charge >= 0.3 is 0 Å². The van der Waals surface area contributed by atoms with E-state index >= 15 is 0 Å². The minimum Gasteiger partial charge on any atom is -0.325 e. The molecule has 18 heavy (non-hydrogen) atoms. The molecule has 2 rings (SSSR count). The molecule has 1 fully saturated rings. The summed E-state index contributed by atoms with van der Waals surface area (Å²) in [6.07, 6.45) is 4.96. The quantitative estimate of drug-likeness (QED) is 0.896. The van der Waals surface area contributed by atoms with E-state index in [1.807, 2.05) is 25.1 Å². The van der Waals surface area contributed by atoms with Crippen LogP contribution in [0.1, 0.15) is 31.2 Å². The van der Waals surface area contributed by atoms with Gasteiger partial charge in [0.15, 0.2) is 0 Å². The molecule has 0 aromatic heterocycles. The van der Waals surface area contributed by atoms with Crippen molar-refractivity contribution in [2.45, 2.75) is 38.6 Å². The number of nitrogens with one attached hydrogen (secondary N) is 2. The Kier molecular flexibility index (Phi) is 4.78. The highest BCUT2D eigenvalue weighted by Gasteiger charge is 2.15. The summed E-state index contributed by atoms with van der Waals surface area (Å²) in [5.74, 6) is 0.0346. The van der Waals surface area contributed by atoms with Crippen LogP contribution in [-0.2, 0) is 4.79 Å². The van der Waals surface area contributed by atoms with Crippen molar-refractivity contribution in [3.05, 3.63) is 28.2 Å². The van der Waals surface area contributed by atoms with Gasteiger partial charge in [-0.3, -0.25) is 4.79 Å². The predicted octanol–water partition coefficient (Wildman–Crippen LogP) is 3.23. The minimum absolute atomic E-state index is 0.0346. The topological polar surface area (TPSA) is 41.1 Å². The Morgan fingerprint density at radius 2 is 2.11 bits per heavy atom. The van der Waals surface area contributed by atoms with Crippen LogP contribution < -0.4 is 10.6 Å². The van der Waals surface area contributed by atoms with E-state index < -0.39 is 0 Å². The Hall–Kier alpha value is -0.870. The number of carbonyl (C=O) groups excluding carboxylic acids is 1. The van der Waals surface area contributed by atoms with Crippen molar-refractivity contribution in [3.8, 4) is 0 Å². The standard InChI is InChI=1S/C14H19BrN2O/c1-10-8-11(15)6-7-13(10)17-14(18)9-16-12-4-2-3-5-12/h6-8,12,16H,2-5,9H2,1H3,(H,17,18). The zero-order valence-corrected chi connectivity index (χ0v) is 12.2. The highest BCUT2D eigenvalue weighted by atomic mass is 79.9. The molecule has 1 aliphatic carbocycles. The lowest BCUT2D eigenvalue weighted by Crippen LogP contribution is -2.34. The van der Waals surface area contributed by atoms with E-state index in [1.165, 1.54) is 25.7 Å². The summed E-state index contributed by atoms with van der Waals surface area (Å²) in [7, 11) is 0. The van der Waals surface area contributed by atoms with Gasteiger partial charge in [0.2, 0.25) is 5.91 Å². The van der Waals surface area contributed by atoms with Crippen molar-refractivity contribution in [1.82, 2.24) is 5.32 Å². The van der Waals surface area contributed by atoms with Gasteiger partial charge in [-0.05, 0) is 43.5 Å². The number of amides is 1. The average molecular weight is 311 g/mol. The molecule has 1 amide bonds. The van der Waals surface area contributed by atoms with Gasteiger partial charge < -0.3 is 10.6 Å². The molecule has 0 aliphatic heterocycles. The van der Waals surface area contributed by atoms with Crippen LogP contribution in [0, 0.1) is 6.92 Å². The molecule has 0 saturated heterocycles. The molecule has 3 nitrogen and oxygen atoms in total. The van der Waals surface area contributed by atoms with Crippen LogP contribution in [-0.4, -0.2) is 18.5 Å². The number of anilines is 1. The Labute approximate surface area is 116 Å². The molecule has 0 bridgehead atoms. The van der Waals surface area contributed by atoms with Gasteiger partial charge in [-0.15, -0.1) is 0 Å². The smallest absolute Gasteiger partial charge is 0.238 e. The van der Waals surface area contributed by atoms with Crippen molar-refractivity contribution >= 4 is 27.5 Å². The summed E-state index contributed by atoms with van der Waals surface area (Å²) in [5.41, 5.74) is 1.95. The lowest BCUT2D eigenvalue weighted by atomic mass is 10.2. The Balaban J connectivity index is 1.82. The number of benzene rings is 1. The van der Waals surface area contributed by atoms with Gasteiger partial charge in [0.25, 0.3) is 0 Å². The summed E-state index contributed by atoms with van der Waals surface area (Å²) in [6.45, 7) is 2.39. The lowest BCUT2D eigenvalue weighted by Gasteiger charge is -2.13. The van der Waals surface area contributed by atoms with Crippen LogP contribution >= 0.6 is 15.9 Å². The van der Waals surface area contributed by atoms with Crippen molar-refractivity contribution in [3.63, 3.8) is 0 Å². The maximum absolute atomic E-state index is 11.8. The van der Waals surface area contributed by atoms with E-state index in [1.54, 1.807) is 0 Å². The zero-order chi connectivity index (χ0) is 13.0. The maximum atomic E-state index is 11.8. The average Bonchev–Trinajstić information content (AvgIpc) is 2.83. The Bertz CT molecular complexity index is 428. The zero-order valence-electron chi connectivity index (χ0n) is 10.6. The fourth-order valence-corrected chi connectivity index (χ4v) is 2.80. The first-order valence-corrected chi connectivity index (χ1v) is 7.24. The molecule has 0 radical (unpaired) electrons. The highest BCUT2D eigenvalue weighted by molar-refractivity contribution is 9.10. The van der Waals surface area contributed by atoms with E-state index in [0.29, 0.717) is 12.6 Å². The third kappa shape index (κ3) is 3.82. The lowest BCUT2D eigenvalue weighted by molar-refractivity contribution is -0.115. The second-order valence-corrected chi connectivity index (χ2v) is 5.79. The maximum Gasteiger partial charge on any atom is 0.238 e. The van der Waals surface area contributed by atoms with Crippen LogP contribution in [0.25, 0.3) is 0 Å². The summed E-state index contributed by atoms with van der Waals surface area (Å²) in [6, 6.07) is 6.39. The van der Waals surface area contributed by atoms with Crippen LogP contribution in [0.2, 0.25) is 0 Å². The highest BCUT2D eigenvalue weighted by Crippen LogP contribution is 2.20. The number of aryl methyl sites for hydroxylation is 1. The van der Waals surface area contributed by atoms with E-state index in [-0.39, 0.29) is 5.91 Å². The normalized spacial score (nSPS) is 15.9. The van der Waals surface area contributed by atoms with E-state index in [0.717, 1.165) is 15.7 Å². The van der Waals surface area contributed by atoms with E-state index in [9.17, 15) is 4.79 Å². The SMILES string of the molecule is Cc1cc(Br)ccc1NC(=O)CNC1CCCC1. The largest absolute Gasteiger partial charge is 0.325 e. The molecule has 1 saturated carbocycles. The molecule has 0 heterocycles. The molecule has 2 N–H and O–H groups in total. The second kappa shape index (κ2) is 6.34. The molecule has 1 aliphatic rings. The van der Waals surface area contributed by atoms with Crippen LogP contribution in [0.5, 0.6) is 0 Å². The second-order valence-electron chi connectivity index (χ2n) is 4.87. The first kappa shape index (κ1) is 13.6. The molecule has 98 valence electrons. The monoisotopic (exact) mass is 310 g/mol. The molecule has 0 unspecified atom stereocenters. The third-order valence-electron chi connectivity index (χ3n) is 3.37. The van der Waals surface area contributed by atoms with Crippen LogP contribution in [0.3, 0.4) is 0 Å². The van der Waals surface area contributed by atoms with Crippen molar-refractivity contribution in [2.24, 2.45) is 0 Å². The minimum atomic E-state index is 0.0346. The molecular weight excluding hydrogens is 292 g/mol. The first-order valence-electron chi connectivity index (χ1n) is 6.44. The molecule has 0 atom stereocenters. The first-order chi connectivity index (χ1) is 8.65.